The molecule has 1 aromatic rings. The molecule has 1 heterocycles. The smallest absolute Gasteiger partial charge is 0.253 e. The molecule has 8 heteroatoms. The summed E-state index contributed by atoms with van der Waals surface area (Å²) in [5, 5.41) is 7.98. The molecule has 1 unspecified atom stereocenters. The molecule has 3 N–H and O–H groups in total. The van der Waals surface area contributed by atoms with Crippen LogP contribution in [0.5, 0.6) is 0 Å². The monoisotopic (exact) mass is 318 g/mol. The molecule has 1 aliphatic rings. The molecule has 1 amide bonds. The third kappa shape index (κ3) is 3.69. The number of rotatable bonds is 3. The molecule has 110 valence electrons. The highest BCUT2D eigenvalue weighted by atomic mass is 35.5. The molecule has 0 spiro atoms. The quantitative estimate of drug-likeness (QED) is 0.865. The Labute approximate surface area is 122 Å². The lowest BCUT2D eigenvalue weighted by molar-refractivity contribution is 0.0624. The van der Waals surface area contributed by atoms with Crippen molar-refractivity contribution >= 4 is 27.5 Å². The zero-order chi connectivity index (χ0) is 14.8. The van der Waals surface area contributed by atoms with Gasteiger partial charge in [-0.15, -0.1) is 0 Å². The number of nitrogens with one attached hydrogen (secondary N) is 1. The molecule has 0 bridgehead atoms. The number of nitrogens with two attached hydrogens (primary N) is 1. The van der Waals surface area contributed by atoms with Crippen molar-refractivity contribution in [3.8, 4) is 0 Å². The van der Waals surface area contributed by atoms with Crippen LogP contribution in [0.1, 0.15) is 23.2 Å². The Morgan fingerprint density at radius 2 is 2.20 bits per heavy atom. The van der Waals surface area contributed by atoms with Crippen molar-refractivity contribution in [1.82, 2.24) is 5.32 Å². The zero-order valence-electron chi connectivity index (χ0n) is 10.6. The van der Waals surface area contributed by atoms with Gasteiger partial charge in [0.15, 0.2) is 0 Å². The summed E-state index contributed by atoms with van der Waals surface area (Å²) < 4.78 is 27.8. The molecule has 2 rings (SSSR count). The highest BCUT2D eigenvalue weighted by molar-refractivity contribution is 7.89. The van der Waals surface area contributed by atoms with E-state index in [2.05, 4.69) is 5.32 Å². The first-order valence-corrected chi connectivity index (χ1v) is 8.01. The van der Waals surface area contributed by atoms with Crippen LogP contribution in [0, 0.1) is 0 Å². The van der Waals surface area contributed by atoms with Crippen molar-refractivity contribution < 1.29 is 17.9 Å². The van der Waals surface area contributed by atoms with Crippen LogP contribution in [0.2, 0.25) is 5.02 Å². The van der Waals surface area contributed by atoms with E-state index in [4.69, 9.17) is 21.5 Å². The summed E-state index contributed by atoms with van der Waals surface area (Å²) >= 11 is 5.93. The Morgan fingerprint density at radius 1 is 1.45 bits per heavy atom. The minimum Gasteiger partial charge on any atom is -0.379 e. The van der Waals surface area contributed by atoms with Gasteiger partial charge in [-0.2, -0.15) is 0 Å². The van der Waals surface area contributed by atoms with Crippen LogP contribution < -0.4 is 10.5 Å². The van der Waals surface area contributed by atoms with Crippen LogP contribution in [0.4, 0.5) is 0 Å². The van der Waals surface area contributed by atoms with Crippen LogP contribution in [0.3, 0.4) is 0 Å². The fraction of sp³-hybridized carbons (Fsp3) is 0.417. The Morgan fingerprint density at radius 3 is 2.80 bits per heavy atom. The maximum absolute atomic E-state index is 12.1. The van der Waals surface area contributed by atoms with E-state index in [1.807, 2.05) is 0 Å². The van der Waals surface area contributed by atoms with Crippen molar-refractivity contribution in [2.24, 2.45) is 5.14 Å². The maximum Gasteiger partial charge on any atom is 0.253 e. The number of sulfonamides is 1. The molecule has 0 aromatic heterocycles. The molecular weight excluding hydrogens is 304 g/mol. The lowest BCUT2D eigenvalue weighted by atomic mass is 10.1. The van der Waals surface area contributed by atoms with Gasteiger partial charge in [-0.1, -0.05) is 11.6 Å². The van der Waals surface area contributed by atoms with Gasteiger partial charge in [0.2, 0.25) is 10.0 Å². The molecule has 20 heavy (non-hydrogen) atoms. The van der Waals surface area contributed by atoms with Gasteiger partial charge >= 0.3 is 0 Å². The van der Waals surface area contributed by atoms with Crippen molar-refractivity contribution in [3.63, 3.8) is 0 Å². The van der Waals surface area contributed by atoms with Crippen molar-refractivity contribution in [2.45, 2.75) is 23.8 Å². The molecule has 0 saturated carbocycles. The highest BCUT2D eigenvalue weighted by Gasteiger charge is 2.20. The summed E-state index contributed by atoms with van der Waals surface area (Å²) in [5.41, 5.74) is 0.0868. The largest absolute Gasteiger partial charge is 0.379 e. The van der Waals surface area contributed by atoms with Crippen LogP contribution in [-0.4, -0.2) is 33.6 Å². The van der Waals surface area contributed by atoms with Crippen molar-refractivity contribution in [3.05, 3.63) is 28.8 Å². The van der Waals surface area contributed by atoms with Crippen LogP contribution in [-0.2, 0) is 14.8 Å². The van der Waals surface area contributed by atoms with Gasteiger partial charge in [-0.25, -0.2) is 13.6 Å². The summed E-state index contributed by atoms with van der Waals surface area (Å²) in [5.74, 6) is -0.434. The number of benzene rings is 1. The van der Waals surface area contributed by atoms with Gasteiger partial charge in [0.05, 0.1) is 28.1 Å². The number of primary sulfonamides is 1. The van der Waals surface area contributed by atoms with Gasteiger partial charge in [-0.3, -0.25) is 4.79 Å². The first-order chi connectivity index (χ1) is 9.38. The number of carbonyl (C=O) groups excluding carboxylic acids is 1. The molecule has 1 fully saturated rings. The topological polar surface area (TPSA) is 98.5 Å². The molecule has 1 aliphatic heterocycles. The van der Waals surface area contributed by atoms with E-state index in [9.17, 15) is 13.2 Å². The SMILES string of the molecule is NS(=O)(=O)c1ccc(Cl)c(C(=O)NC2CCCOC2)c1. The first-order valence-electron chi connectivity index (χ1n) is 6.09. The van der Waals surface area contributed by atoms with Crippen molar-refractivity contribution in [2.75, 3.05) is 13.2 Å². The molecular formula is C12H15ClN2O4S. The Hall–Kier alpha value is -1.15. The fourth-order valence-corrected chi connectivity index (χ4v) is 2.72. The van der Waals surface area contributed by atoms with E-state index >= 15 is 0 Å². The van der Waals surface area contributed by atoms with Crippen molar-refractivity contribution in [1.29, 1.82) is 0 Å². The van der Waals surface area contributed by atoms with Crippen LogP contribution in [0.25, 0.3) is 0 Å². The average Bonchev–Trinajstić information content (AvgIpc) is 2.39. The zero-order valence-corrected chi connectivity index (χ0v) is 12.2. The van der Waals surface area contributed by atoms with Gasteiger partial charge in [0.1, 0.15) is 0 Å². The lowest BCUT2D eigenvalue weighted by Gasteiger charge is -2.23. The normalized spacial score (nSPS) is 19.6. The summed E-state index contributed by atoms with van der Waals surface area (Å²) in [6.07, 6.45) is 1.69. The molecule has 1 atom stereocenters. The Kier molecular flexibility index (Phi) is 4.64. The minimum atomic E-state index is -3.87. The predicted octanol–water partition coefficient (Wildman–Crippen LogP) is 0.896. The number of hydrogen-bond donors (Lipinski definition) is 2. The number of amides is 1. The first kappa shape index (κ1) is 15.2. The van der Waals surface area contributed by atoms with E-state index < -0.39 is 15.9 Å². The van der Waals surface area contributed by atoms with E-state index in [1.165, 1.54) is 18.2 Å². The van der Waals surface area contributed by atoms with Gasteiger partial charge < -0.3 is 10.1 Å². The third-order valence-corrected chi connectivity index (χ3v) is 4.25. The number of halogens is 1. The standard InChI is InChI=1S/C12H15ClN2O4S/c13-11-4-3-9(20(14,17)18)6-10(11)12(16)15-8-2-1-5-19-7-8/h3-4,6,8H,1-2,5,7H2,(H,15,16)(H2,14,17,18). The molecule has 0 radical (unpaired) electrons. The second-order valence-electron chi connectivity index (χ2n) is 4.57. The molecule has 1 saturated heterocycles. The van der Waals surface area contributed by atoms with E-state index in [-0.39, 0.29) is 21.5 Å². The molecule has 0 aliphatic carbocycles. The summed E-state index contributed by atoms with van der Waals surface area (Å²) in [6, 6.07) is 3.69. The average molecular weight is 319 g/mol. The molecule has 1 aromatic carbocycles. The van der Waals surface area contributed by atoms with Crippen LogP contribution >= 0.6 is 11.6 Å². The van der Waals surface area contributed by atoms with Gasteiger partial charge in [0.25, 0.3) is 5.91 Å². The second kappa shape index (κ2) is 6.09. The summed E-state index contributed by atoms with van der Waals surface area (Å²) in [4.78, 5) is 12.0. The predicted molar refractivity (Wildman–Crippen MR) is 74.1 cm³/mol. The Balaban J connectivity index is 2.20. The number of ether oxygens (including phenoxy) is 1. The second-order valence-corrected chi connectivity index (χ2v) is 6.54. The van der Waals surface area contributed by atoms with Crippen LogP contribution in [0.15, 0.2) is 23.1 Å². The molecule has 6 nitrogen and oxygen atoms in total. The summed E-state index contributed by atoms with van der Waals surface area (Å²) in [6.45, 7) is 1.13. The van der Waals surface area contributed by atoms with Gasteiger partial charge in [0, 0.05) is 6.61 Å². The number of carbonyl (C=O) groups is 1. The Bertz CT molecular complexity index is 612. The lowest BCUT2D eigenvalue weighted by Crippen LogP contribution is -2.40. The number of hydrogen-bond acceptors (Lipinski definition) is 4. The van der Waals surface area contributed by atoms with E-state index in [0.29, 0.717) is 13.2 Å². The third-order valence-electron chi connectivity index (χ3n) is 3.01. The maximum atomic E-state index is 12.1. The van der Waals surface area contributed by atoms with E-state index in [0.717, 1.165) is 12.8 Å². The fourth-order valence-electron chi connectivity index (χ4n) is 1.97. The van der Waals surface area contributed by atoms with Gasteiger partial charge in [-0.05, 0) is 31.0 Å². The minimum absolute atomic E-state index is 0.0868. The summed E-state index contributed by atoms with van der Waals surface area (Å²) in [7, 11) is -3.87. The van der Waals surface area contributed by atoms with E-state index in [1.54, 1.807) is 0 Å². The highest BCUT2D eigenvalue weighted by Crippen LogP contribution is 2.20.